The first-order chi connectivity index (χ1) is 15.0. The van der Waals surface area contributed by atoms with Crippen LogP contribution in [-0.2, 0) is 22.9 Å². The average Bonchev–Trinajstić information content (AvgIpc) is 2.80. The molecule has 1 N–H and O–H groups in total. The molecule has 1 aromatic heterocycles. The number of pyridine rings is 1. The first-order valence-electron chi connectivity index (χ1n) is 10.4. The van der Waals surface area contributed by atoms with Crippen LogP contribution in [0.15, 0.2) is 89.0 Å². The lowest BCUT2D eigenvalue weighted by atomic mass is 10.0. The Morgan fingerprint density at radius 3 is 1.87 bits per heavy atom. The van der Waals surface area contributed by atoms with Gasteiger partial charge in [-0.3, -0.25) is 5.43 Å². The number of hydrogen-bond donors (Lipinski definition) is 1. The Morgan fingerprint density at radius 1 is 0.871 bits per heavy atom. The number of rotatable bonds is 10. The fraction of sp³-hybridized carbons (Fsp3) is 0.250. The highest BCUT2D eigenvalue weighted by Gasteiger charge is 2.21. The SMILES string of the molecule is CCN(CC)S(=O)(=O)c1ccc(NN=C(Cc2ccccc2)Cc2ccccc2)nc1. The minimum Gasteiger partial charge on any atom is -0.261 e. The molecule has 0 aliphatic rings. The second kappa shape index (κ2) is 10.8. The number of anilines is 1. The molecule has 0 spiro atoms. The maximum atomic E-state index is 12.6. The molecule has 6 nitrogen and oxygen atoms in total. The van der Waals surface area contributed by atoms with Crippen molar-refractivity contribution in [3.8, 4) is 0 Å². The lowest BCUT2D eigenvalue weighted by Crippen LogP contribution is -2.30. The number of benzene rings is 2. The standard InChI is InChI=1S/C24H28N4O2S/c1-3-28(4-2)31(29,30)23-15-16-24(25-19-23)27-26-22(17-20-11-7-5-8-12-20)18-21-13-9-6-10-14-21/h5-16,19H,3-4,17-18H2,1-2H3,(H,25,27). The Kier molecular flexibility index (Phi) is 7.92. The highest BCUT2D eigenvalue weighted by Crippen LogP contribution is 2.16. The van der Waals surface area contributed by atoms with Crippen molar-refractivity contribution in [1.82, 2.24) is 9.29 Å². The van der Waals surface area contributed by atoms with Gasteiger partial charge in [-0.05, 0) is 23.3 Å². The van der Waals surface area contributed by atoms with E-state index in [0.717, 1.165) is 5.71 Å². The van der Waals surface area contributed by atoms with Gasteiger partial charge in [0.15, 0.2) is 0 Å². The number of nitrogens with zero attached hydrogens (tertiary/aromatic N) is 3. The molecule has 7 heteroatoms. The number of aromatic nitrogens is 1. The van der Waals surface area contributed by atoms with Crippen LogP contribution in [0.3, 0.4) is 0 Å². The van der Waals surface area contributed by atoms with E-state index in [0.29, 0.717) is 31.7 Å². The van der Waals surface area contributed by atoms with E-state index in [4.69, 9.17) is 0 Å². The van der Waals surface area contributed by atoms with Crippen LogP contribution in [-0.4, -0.2) is 36.5 Å². The van der Waals surface area contributed by atoms with Crippen molar-refractivity contribution in [2.75, 3.05) is 18.5 Å². The molecule has 0 fully saturated rings. The van der Waals surface area contributed by atoms with E-state index < -0.39 is 10.0 Å². The van der Waals surface area contributed by atoms with Gasteiger partial charge in [-0.1, -0.05) is 74.5 Å². The van der Waals surface area contributed by atoms with Crippen molar-refractivity contribution >= 4 is 21.6 Å². The number of sulfonamides is 1. The summed E-state index contributed by atoms with van der Waals surface area (Å²) in [5, 5.41) is 4.59. The summed E-state index contributed by atoms with van der Waals surface area (Å²) in [5.41, 5.74) is 6.29. The Bertz CT molecular complexity index is 1040. The second-order valence-corrected chi connectivity index (χ2v) is 9.02. The summed E-state index contributed by atoms with van der Waals surface area (Å²) >= 11 is 0. The molecule has 3 aromatic rings. The summed E-state index contributed by atoms with van der Waals surface area (Å²) < 4.78 is 26.6. The summed E-state index contributed by atoms with van der Waals surface area (Å²) in [7, 11) is -3.52. The van der Waals surface area contributed by atoms with Gasteiger partial charge in [-0.15, -0.1) is 0 Å². The van der Waals surface area contributed by atoms with E-state index in [-0.39, 0.29) is 4.90 Å². The van der Waals surface area contributed by atoms with Gasteiger partial charge in [0.2, 0.25) is 10.0 Å². The van der Waals surface area contributed by atoms with Gasteiger partial charge in [0.05, 0.1) is 0 Å². The maximum absolute atomic E-state index is 12.6. The smallest absolute Gasteiger partial charge is 0.244 e. The molecule has 0 radical (unpaired) electrons. The summed E-state index contributed by atoms with van der Waals surface area (Å²) in [6.07, 6.45) is 2.79. The Hall–Kier alpha value is -3.03. The lowest BCUT2D eigenvalue weighted by Gasteiger charge is -2.18. The summed E-state index contributed by atoms with van der Waals surface area (Å²) in [6, 6.07) is 23.5. The van der Waals surface area contributed by atoms with E-state index in [1.807, 2.05) is 50.2 Å². The topological polar surface area (TPSA) is 74.7 Å². The molecule has 0 amide bonds. The molecule has 1 heterocycles. The Labute approximate surface area is 184 Å². The summed E-state index contributed by atoms with van der Waals surface area (Å²) in [5.74, 6) is 0.497. The number of hydrogen-bond acceptors (Lipinski definition) is 5. The molecule has 2 aromatic carbocycles. The molecular formula is C24H28N4O2S. The molecule has 0 atom stereocenters. The van der Waals surface area contributed by atoms with Gasteiger partial charge >= 0.3 is 0 Å². The third-order valence-electron chi connectivity index (χ3n) is 4.91. The normalized spacial score (nSPS) is 11.3. The van der Waals surface area contributed by atoms with Gasteiger partial charge in [-0.2, -0.15) is 9.41 Å². The molecule has 162 valence electrons. The van der Waals surface area contributed by atoms with Gasteiger partial charge < -0.3 is 0 Å². The third-order valence-corrected chi connectivity index (χ3v) is 6.94. The van der Waals surface area contributed by atoms with E-state index in [1.54, 1.807) is 12.1 Å². The molecule has 31 heavy (non-hydrogen) atoms. The predicted octanol–water partition coefficient (Wildman–Crippen LogP) is 4.37. The van der Waals surface area contributed by atoms with E-state index in [1.165, 1.54) is 21.6 Å². The minimum absolute atomic E-state index is 0.180. The monoisotopic (exact) mass is 436 g/mol. The van der Waals surface area contributed by atoms with Crippen molar-refractivity contribution in [3.63, 3.8) is 0 Å². The maximum Gasteiger partial charge on any atom is 0.244 e. The van der Waals surface area contributed by atoms with Crippen molar-refractivity contribution in [2.24, 2.45) is 5.10 Å². The second-order valence-electron chi connectivity index (χ2n) is 7.08. The van der Waals surface area contributed by atoms with Crippen LogP contribution in [0.5, 0.6) is 0 Å². The van der Waals surface area contributed by atoms with Gasteiger partial charge in [0.25, 0.3) is 0 Å². The van der Waals surface area contributed by atoms with E-state index in [2.05, 4.69) is 39.8 Å². The minimum atomic E-state index is -3.52. The molecular weight excluding hydrogens is 408 g/mol. The fourth-order valence-electron chi connectivity index (χ4n) is 3.25. The molecule has 0 saturated heterocycles. The van der Waals surface area contributed by atoms with Crippen molar-refractivity contribution < 1.29 is 8.42 Å². The zero-order valence-electron chi connectivity index (χ0n) is 17.9. The first kappa shape index (κ1) is 22.7. The molecule has 0 unspecified atom stereocenters. The molecule has 0 bridgehead atoms. The van der Waals surface area contributed by atoms with Crippen LogP contribution in [0.1, 0.15) is 25.0 Å². The highest BCUT2D eigenvalue weighted by atomic mass is 32.2. The van der Waals surface area contributed by atoms with Crippen LogP contribution >= 0.6 is 0 Å². The van der Waals surface area contributed by atoms with Gasteiger partial charge in [-0.25, -0.2) is 13.4 Å². The van der Waals surface area contributed by atoms with Crippen molar-refractivity contribution in [3.05, 3.63) is 90.1 Å². The molecule has 0 saturated carbocycles. The average molecular weight is 437 g/mol. The zero-order chi connectivity index (χ0) is 22.1. The van der Waals surface area contributed by atoms with Crippen LogP contribution in [0.4, 0.5) is 5.82 Å². The van der Waals surface area contributed by atoms with Crippen LogP contribution in [0.25, 0.3) is 0 Å². The van der Waals surface area contributed by atoms with Crippen LogP contribution < -0.4 is 5.43 Å². The van der Waals surface area contributed by atoms with Crippen molar-refractivity contribution in [2.45, 2.75) is 31.6 Å². The van der Waals surface area contributed by atoms with E-state index in [9.17, 15) is 8.42 Å². The number of nitrogens with one attached hydrogen (secondary N) is 1. The molecule has 0 aliphatic carbocycles. The largest absolute Gasteiger partial charge is 0.261 e. The van der Waals surface area contributed by atoms with Crippen LogP contribution in [0, 0.1) is 0 Å². The zero-order valence-corrected chi connectivity index (χ0v) is 18.7. The highest BCUT2D eigenvalue weighted by molar-refractivity contribution is 7.89. The number of hydrazone groups is 1. The fourth-order valence-corrected chi connectivity index (χ4v) is 4.66. The Balaban J connectivity index is 1.77. The summed E-state index contributed by atoms with van der Waals surface area (Å²) in [4.78, 5) is 4.44. The molecule has 3 rings (SSSR count). The van der Waals surface area contributed by atoms with Gasteiger partial charge in [0.1, 0.15) is 10.7 Å². The molecule has 0 aliphatic heterocycles. The quantitative estimate of drug-likeness (QED) is 0.378. The van der Waals surface area contributed by atoms with Crippen LogP contribution in [0.2, 0.25) is 0 Å². The third kappa shape index (κ3) is 6.23. The predicted molar refractivity (Wildman–Crippen MR) is 126 cm³/mol. The Morgan fingerprint density at radius 2 is 1.42 bits per heavy atom. The van der Waals surface area contributed by atoms with E-state index >= 15 is 0 Å². The van der Waals surface area contributed by atoms with Gasteiger partial charge in [0, 0.05) is 37.8 Å². The van der Waals surface area contributed by atoms with Crippen molar-refractivity contribution in [1.29, 1.82) is 0 Å². The lowest BCUT2D eigenvalue weighted by molar-refractivity contribution is 0.445. The summed E-state index contributed by atoms with van der Waals surface area (Å²) in [6.45, 7) is 4.48. The first-order valence-corrected chi connectivity index (χ1v) is 11.8.